The highest BCUT2D eigenvalue weighted by atomic mass is 35.5. The Hall–Kier alpha value is -1.13. The highest BCUT2D eigenvalue weighted by molar-refractivity contribution is 6.34. The van der Waals surface area contributed by atoms with Gasteiger partial charge in [-0.1, -0.05) is 11.6 Å². The second-order valence-corrected chi connectivity index (χ2v) is 3.63. The second kappa shape index (κ2) is 5.82. The first-order valence-electron chi connectivity index (χ1n) is 4.35. The van der Waals surface area contributed by atoms with Crippen LogP contribution in [0, 0.1) is 5.82 Å². The number of alkyl halides is 1. The molecule has 0 aromatic heterocycles. The largest absolute Gasteiger partial charge is 0.348 e. The Kier molecular flexibility index (Phi) is 4.71. The zero-order chi connectivity index (χ0) is 12.1. The summed E-state index contributed by atoms with van der Waals surface area (Å²) in [6.07, 6.45) is 0. The summed E-state index contributed by atoms with van der Waals surface area (Å²) in [7, 11) is 0. The van der Waals surface area contributed by atoms with Crippen LogP contribution < -0.4 is 5.32 Å². The van der Waals surface area contributed by atoms with E-state index in [1.54, 1.807) is 0 Å². The Balaban J connectivity index is 2.70. The van der Waals surface area contributed by atoms with Crippen molar-refractivity contribution in [2.45, 2.75) is 0 Å². The molecule has 0 atom stereocenters. The molecular formula is C10H8Cl2FNO2. The lowest BCUT2D eigenvalue weighted by atomic mass is 10.1. The number of ketones is 1. The van der Waals surface area contributed by atoms with Crippen LogP contribution >= 0.6 is 23.2 Å². The molecule has 0 fully saturated rings. The lowest BCUT2D eigenvalue weighted by molar-refractivity contribution is -0.118. The predicted molar refractivity (Wildman–Crippen MR) is 59.5 cm³/mol. The fourth-order valence-corrected chi connectivity index (χ4v) is 1.40. The molecule has 1 aromatic carbocycles. The molecule has 3 nitrogen and oxygen atoms in total. The molecule has 0 saturated heterocycles. The average Bonchev–Trinajstić information content (AvgIpc) is 2.25. The van der Waals surface area contributed by atoms with Crippen LogP contribution in [0.25, 0.3) is 0 Å². The molecule has 0 bridgehead atoms. The van der Waals surface area contributed by atoms with Gasteiger partial charge < -0.3 is 5.32 Å². The number of carbonyl (C=O) groups excluding carboxylic acids is 2. The molecule has 86 valence electrons. The van der Waals surface area contributed by atoms with Crippen molar-refractivity contribution in [1.82, 2.24) is 5.32 Å². The van der Waals surface area contributed by atoms with Crippen molar-refractivity contribution in [2.24, 2.45) is 0 Å². The maximum absolute atomic E-state index is 12.7. The lowest BCUT2D eigenvalue weighted by Crippen LogP contribution is -2.30. The van der Waals surface area contributed by atoms with Gasteiger partial charge in [0.25, 0.3) is 0 Å². The summed E-state index contributed by atoms with van der Waals surface area (Å²) in [6.45, 7) is -0.211. The third kappa shape index (κ3) is 3.47. The molecule has 0 unspecified atom stereocenters. The third-order valence-corrected chi connectivity index (χ3v) is 2.35. The molecule has 0 heterocycles. The van der Waals surface area contributed by atoms with Crippen molar-refractivity contribution in [3.8, 4) is 0 Å². The van der Waals surface area contributed by atoms with E-state index >= 15 is 0 Å². The van der Waals surface area contributed by atoms with Crippen molar-refractivity contribution >= 4 is 34.9 Å². The van der Waals surface area contributed by atoms with Crippen LogP contribution in [-0.4, -0.2) is 24.1 Å². The molecule has 1 amide bonds. The van der Waals surface area contributed by atoms with Gasteiger partial charge >= 0.3 is 0 Å². The average molecular weight is 264 g/mol. The number of rotatable bonds is 4. The minimum absolute atomic E-state index is 0.0186. The molecular weight excluding hydrogens is 256 g/mol. The number of Topliss-reactive ketones (excluding diaryl/α,β-unsaturated/α-hetero) is 1. The number of hydrogen-bond acceptors (Lipinski definition) is 2. The molecule has 1 N–H and O–H groups in total. The van der Waals surface area contributed by atoms with E-state index in [4.69, 9.17) is 23.2 Å². The summed E-state index contributed by atoms with van der Waals surface area (Å²) in [4.78, 5) is 22.3. The van der Waals surface area contributed by atoms with Crippen LogP contribution in [0.4, 0.5) is 4.39 Å². The van der Waals surface area contributed by atoms with E-state index in [9.17, 15) is 14.0 Å². The van der Waals surface area contributed by atoms with E-state index in [2.05, 4.69) is 5.32 Å². The Morgan fingerprint density at radius 3 is 2.62 bits per heavy atom. The fourth-order valence-electron chi connectivity index (χ4n) is 1.04. The van der Waals surface area contributed by atoms with E-state index in [0.29, 0.717) is 0 Å². The van der Waals surface area contributed by atoms with Crippen molar-refractivity contribution in [2.75, 3.05) is 12.4 Å². The van der Waals surface area contributed by atoms with Gasteiger partial charge in [0.2, 0.25) is 5.91 Å². The molecule has 0 aliphatic carbocycles. The summed E-state index contributed by atoms with van der Waals surface area (Å²) < 4.78 is 12.7. The SMILES string of the molecule is O=C(CCl)NCC(=O)c1ccc(F)cc1Cl. The topological polar surface area (TPSA) is 46.2 Å². The second-order valence-electron chi connectivity index (χ2n) is 2.96. The van der Waals surface area contributed by atoms with Gasteiger partial charge in [-0.25, -0.2) is 4.39 Å². The molecule has 6 heteroatoms. The number of carbonyl (C=O) groups is 2. The zero-order valence-corrected chi connectivity index (χ0v) is 9.61. The van der Waals surface area contributed by atoms with Crippen LogP contribution in [0.3, 0.4) is 0 Å². The van der Waals surface area contributed by atoms with E-state index in [1.807, 2.05) is 0 Å². The van der Waals surface area contributed by atoms with Crippen LogP contribution in [0.5, 0.6) is 0 Å². The Labute approximate surface area is 102 Å². The monoisotopic (exact) mass is 263 g/mol. The summed E-state index contributed by atoms with van der Waals surface area (Å²) in [5.41, 5.74) is 0.165. The van der Waals surface area contributed by atoms with E-state index < -0.39 is 17.5 Å². The van der Waals surface area contributed by atoms with Gasteiger partial charge in [0.1, 0.15) is 11.7 Å². The first-order chi connectivity index (χ1) is 7.54. The number of halogens is 3. The standard InChI is InChI=1S/C10H8Cl2FNO2/c11-4-10(16)14-5-9(15)7-2-1-6(13)3-8(7)12/h1-3H,4-5H2,(H,14,16). The quantitative estimate of drug-likeness (QED) is 0.668. The first kappa shape index (κ1) is 12.9. The Morgan fingerprint density at radius 2 is 2.06 bits per heavy atom. The molecule has 0 saturated carbocycles. The van der Waals surface area contributed by atoms with Crippen LogP contribution in [0.15, 0.2) is 18.2 Å². The van der Waals surface area contributed by atoms with Gasteiger partial charge in [-0.05, 0) is 18.2 Å². The smallest absolute Gasteiger partial charge is 0.235 e. The van der Waals surface area contributed by atoms with Crippen molar-refractivity contribution < 1.29 is 14.0 Å². The zero-order valence-electron chi connectivity index (χ0n) is 8.10. The summed E-state index contributed by atoms with van der Waals surface area (Å²) in [5, 5.41) is 2.32. The lowest BCUT2D eigenvalue weighted by Gasteiger charge is -2.04. The third-order valence-electron chi connectivity index (χ3n) is 1.80. The molecule has 16 heavy (non-hydrogen) atoms. The van der Waals surface area contributed by atoms with Crippen LogP contribution in [0.1, 0.15) is 10.4 Å². The molecule has 0 radical (unpaired) electrons. The van der Waals surface area contributed by atoms with Gasteiger partial charge in [-0.15, -0.1) is 11.6 Å². The highest BCUT2D eigenvalue weighted by Gasteiger charge is 2.11. The van der Waals surface area contributed by atoms with Gasteiger partial charge in [0, 0.05) is 5.56 Å². The summed E-state index contributed by atoms with van der Waals surface area (Å²) in [6, 6.07) is 3.44. The molecule has 1 rings (SSSR count). The molecule has 0 aliphatic rings. The van der Waals surface area contributed by atoms with Gasteiger partial charge in [0.05, 0.1) is 11.6 Å². The highest BCUT2D eigenvalue weighted by Crippen LogP contribution is 2.17. The molecule has 0 aliphatic heterocycles. The fraction of sp³-hybridized carbons (Fsp3) is 0.200. The number of nitrogens with one attached hydrogen (secondary N) is 1. The van der Waals surface area contributed by atoms with E-state index in [1.165, 1.54) is 6.07 Å². The summed E-state index contributed by atoms with van der Waals surface area (Å²) in [5.74, 6) is -1.59. The van der Waals surface area contributed by atoms with Crippen molar-refractivity contribution in [3.63, 3.8) is 0 Å². The maximum Gasteiger partial charge on any atom is 0.235 e. The van der Waals surface area contributed by atoms with E-state index in [0.717, 1.165) is 12.1 Å². The van der Waals surface area contributed by atoms with Crippen LogP contribution in [0.2, 0.25) is 5.02 Å². The minimum Gasteiger partial charge on any atom is -0.348 e. The summed E-state index contributed by atoms with van der Waals surface area (Å²) >= 11 is 10.9. The first-order valence-corrected chi connectivity index (χ1v) is 5.26. The van der Waals surface area contributed by atoms with Crippen molar-refractivity contribution in [3.05, 3.63) is 34.6 Å². The number of benzene rings is 1. The van der Waals surface area contributed by atoms with Gasteiger partial charge in [-0.3, -0.25) is 9.59 Å². The predicted octanol–water partition coefficient (Wildman–Crippen LogP) is 2.02. The number of amides is 1. The molecule has 0 spiro atoms. The van der Waals surface area contributed by atoms with Gasteiger partial charge in [-0.2, -0.15) is 0 Å². The number of hydrogen-bond donors (Lipinski definition) is 1. The molecule has 1 aromatic rings. The van der Waals surface area contributed by atoms with Gasteiger partial charge in [0.15, 0.2) is 5.78 Å². The Bertz CT molecular complexity index is 423. The minimum atomic E-state index is -0.522. The van der Waals surface area contributed by atoms with Crippen molar-refractivity contribution in [1.29, 1.82) is 0 Å². The van der Waals surface area contributed by atoms with Crippen LogP contribution in [-0.2, 0) is 4.79 Å². The van der Waals surface area contributed by atoms with E-state index in [-0.39, 0.29) is 23.0 Å². The maximum atomic E-state index is 12.7. The Morgan fingerprint density at radius 1 is 1.38 bits per heavy atom. The normalized spacial score (nSPS) is 9.94.